The van der Waals surface area contributed by atoms with Gasteiger partial charge in [0, 0.05) is 12.6 Å². The van der Waals surface area contributed by atoms with Crippen LogP contribution in [0.5, 0.6) is 5.75 Å². The highest BCUT2D eigenvalue weighted by molar-refractivity contribution is 5.27. The normalized spacial score (nSPS) is 10.7. The average molecular weight is 249 g/mol. The third-order valence-electron chi connectivity index (χ3n) is 2.47. The van der Waals surface area contributed by atoms with Gasteiger partial charge >= 0.3 is 0 Å². The minimum absolute atomic E-state index is 0.472. The molecule has 18 heavy (non-hydrogen) atoms. The summed E-state index contributed by atoms with van der Waals surface area (Å²) < 4.78 is 10.8. The van der Waals surface area contributed by atoms with Crippen molar-refractivity contribution in [3.63, 3.8) is 0 Å². The van der Waals surface area contributed by atoms with Gasteiger partial charge in [0.15, 0.2) is 0 Å². The number of ether oxygens (including phenoxy) is 2. The molecule has 0 heterocycles. The predicted molar refractivity (Wildman–Crippen MR) is 74.9 cm³/mol. The molecule has 0 bridgehead atoms. The summed E-state index contributed by atoms with van der Waals surface area (Å²) >= 11 is 0. The van der Waals surface area contributed by atoms with E-state index in [9.17, 15) is 0 Å². The van der Waals surface area contributed by atoms with Crippen LogP contribution in [0.3, 0.4) is 0 Å². The smallest absolute Gasteiger partial charge is 0.119 e. The molecule has 0 atom stereocenters. The van der Waals surface area contributed by atoms with Gasteiger partial charge in [-0.25, -0.2) is 0 Å². The van der Waals surface area contributed by atoms with Gasteiger partial charge in [0.25, 0.3) is 0 Å². The molecule has 0 aliphatic carbocycles. The van der Waals surface area contributed by atoms with Crippen molar-refractivity contribution in [1.29, 1.82) is 0 Å². The van der Waals surface area contributed by atoms with Gasteiger partial charge in [0.05, 0.1) is 20.3 Å². The van der Waals surface area contributed by atoms with Gasteiger partial charge in [0.2, 0.25) is 0 Å². The fourth-order valence-corrected chi connectivity index (χ4v) is 1.47. The summed E-state index contributed by atoms with van der Waals surface area (Å²) in [5, 5.41) is 3.31. The van der Waals surface area contributed by atoms with E-state index >= 15 is 0 Å². The van der Waals surface area contributed by atoms with E-state index in [0.717, 1.165) is 23.4 Å². The largest absolute Gasteiger partial charge is 0.497 e. The van der Waals surface area contributed by atoms with Gasteiger partial charge in [-0.05, 0) is 23.3 Å². The Morgan fingerprint density at radius 2 is 2.17 bits per heavy atom. The molecular formula is C15H23NO2. The lowest BCUT2D eigenvalue weighted by atomic mass is 10.2. The average Bonchev–Trinajstić information content (AvgIpc) is 2.36. The monoisotopic (exact) mass is 249 g/mol. The van der Waals surface area contributed by atoms with Crippen molar-refractivity contribution in [3.05, 3.63) is 42.0 Å². The van der Waals surface area contributed by atoms with Gasteiger partial charge in [-0.3, -0.25) is 0 Å². The first-order valence-corrected chi connectivity index (χ1v) is 6.22. The first-order chi connectivity index (χ1) is 8.61. The number of hydrogen-bond acceptors (Lipinski definition) is 3. The number of benzene rings is 1. The maximum Gasteiger partial charge on any atom is 0.119 e. The SMILES string of the molecule is C=C(CNC(C)C)COCc1cccc(OC)c1. The van der Waals surface area contributed by atoms with Crippen molar-refractivity contribution < 1.29 is 9.47 Å². The standard InChI is InChI=1S/C15H23NO2/c1-12(2)16-9-13(3)10-18-11-14-6-5-7-15(8-14)17-4/h5-8,12,16H,3,9-11H2,1-2,4H3. The highest BCUT2D eigenvalue weighted by Gasteiger charge is 1.99. The van der Waals surface area contributed by atoms with Crippen LogP contribution in [0.2, 0.25) is 0 Å². The second kappa shape index (κ2) is 7.90. The third-order valence-corrected chi connectivity index (χ3v) is 2.47. The summed E-state index contributed by atoms with van der Waals surface area (Å²) in [5.74, 6) is 0.858. The molecule has 1 aromatic carbocycles. The lowest BCUT2D eigenvalue weighted by molar-refractivity contribution is 0.141. The molecule has 0 amide bonds. The first-order valence-electron chi connectivity index (χ1n) is 6.22. The predicted octanol–water partition coefficient (Wildman–Crippen LogP) is 2.77. The van der Waals surface area contributed by atoms with E-state index in [2.05, 4.69) is 25.7 Å². The Labute approximate surface area is 110 Å². The fourth-order valence-electron chi connectivity index (χ4n) is 1.47. The quantitative estimate of drug-likeness (QED) is 0.719. The third kappa shape index (κ3) is 5.84. The van der Waals surface area contributed by atoms with Crippen LogP contribution in [0.15, 0.2) is 36.4 Å². The zero-order chi connectivity index (χ0) is 13.4. The van der Waals surface area contributed by atoms with Crippen LogP contribution in [0.25, 0.3) is 0 Å². The molecule has 1 N–H and O–H groups in total. The van der Waals surface area contributed by atoms with Gasteiger partial charge < -0.3 is 14.8 Å². The molecule has 100 valence electrons. The second-order valence-electron chi connectivity index (χ2n) is 4.63. The molecule has 0 spiro atoms. The molecule has 0 aromatic heterocycles. The van der Waals surface area contributed by atoms with Crippen molar-refractivity contribution in [2.24, 2.45) is 0 Å². The van der Waals surface area contributed by atoms with E-state index < -0.39 is 0 Å². The lowest BCUT2D eigenvalue weighted by Crippen LogP contribution is -2.25. The minimum Gasteiger partial charge on any atom is -0.497 e. The summed E-state index contributed by atoms with van der Waals surface area (Å²) in [4.78, 5) is 0. The number of hydrogen-bond donors (Lipinski definition) is 1. The fraction of sp³-hybridized carbons (Fsp3) is 0.467. The van der Waals surface area contributed by atoms with E-state index in [4.69, 9.17) is 9.47 Å². The molecule has 1 rings (SSSR count). The van der Waals surface area contributed by atoms with Gasteiger partial charge in [-0.1, -0.05) is 32.6 Å². The van der Waals surface area contributed by atoms with Crippen molar-refractivity contribution in [3.8, 4) is 5.75 Å². The zero-order valence-electron chi connectivity index (χ0n) is 11.5. The summed E-state index contributed by atoms with van der Waals surface area (Å²) in [7, 11) is 1.67. The summed E-state index contributed by atoms with van der Waals surface area (Å²) in [6.45, 7) is 10.2. The highest BCUT2D eigenvalue weighted by atomic mass is 16.5. The van der Waals surface area contributed by atoms with Crippen molar-refractivity contribution in [2.75, 3.05) is 20.3 Å². The van der Waals surface area contributed by atoms with Crippen LogP contribution in [0.4, 0.5) is 0 Å². The molecule has 0 unspecified atom stereocenters. The molecule has 3 heteroatoms. The van der Waals surface area contributed by atoms with E-state index in [1.54, 1.807) is 7.11 Å². The molecule has 0 aliphatic rings. The molecule has 0 radical (unpaired) electrons. The molecular weight excluding hydrogens is 226 g/mol. The summed E-state index contributed by atoms with van der Waals surface area (Å²) in [6.07, 6.45) is 0. The summed E-state index contributed by atoms with van der Waals surface area (Å²) in [6, 6.07) is 8.37. The van der Waals surface area contributed by atoms with Crippen LogP contribution >= 0.6 is 0 Å². The Bertz CT molecular complexity index is 375. The lowest BCUT2D eigenvalue weighted by Gasteiger charge is -2.11. The van der Waals surface area contributed by atoms with Crippen molar-refractivity contribution >= 4 is 0 Å². The first kappa shape index (κ1) is 14.7. The van der Waals surface area contributed by atoms with Gasteiger partial charge in [-0.2, -0.15) is 0 Å². The van der Waals surface area contributed by atoms with Gasteiger partial charge in [-0.15, -0.1) is 0 Å². The second-order valence-corrected chi connectivity index (χ2v) is 4.63. The Morgan fingerprint density at radius 1 is 1.39 bits per heavy atom. The molecule has 0 saturated carbocycles. The molecule has 0 fully saturated rings. The van der Waals surface area contributed by atoms with Crippen molar-refractivity contribution in [1.82, 2.24) is 5.32 Å². The minimum atomic E-state index is 0.472. The van der Waals surface area contributed by atoms with Crippen LogP contribution in [-0.4, -0.2) is 26.3 Å². The number of methoxy groups -OCH3 is 1. The van der Waals surface area contributed by atoms with Crippen LogP contribution in [-0.2, 0) is 11.3 Å². The topological polar surface area (TPSA) is 30.5 Å². The number of rotatable bonds is 8. The van der Waals surface area contributed by atoms with Gasteiger partial charge in [0.1, 0.15) is 5.75 Å². The van der Waals surface area contributed by atoms with E-state index in [0.29, 0.717) is 19.3 Å². The Hall–Kier alpha value is -1.32. The van der Waals surface area contributed by atoms with Crippen LogP contribution in [0.1, 0.15) is 19.4 Å². The Morgan fingerprint density at radius 3 is 2.83 bits per heavy atom. The maximum absolute atomic E-state index is 5.62. The zero-order valence-corrected chi connectivity index (χ0v) is 11.5. The maximum atomic E-state index is 5.62. The Kier molecular flexibility index (Phi) is 6.47. The van der Waals surface area contributed by atoms with Crippen LogP contribution in [0, 0.1) is 0 Å². The molecule has 3 nitrogen and oxygen atoms in total. The molecule has 0 saturated heterocycles. The van der Waals surface area contributed by atoms with Crippen LogP contribution < -0.4 is 10.1 Å². The van der Waals surface area contributed by atoms with E-state index in [-0.39, 0.29) is 0 Å². The number of nitrogens with one attached hydrogen (secondary N) is 1. The summed E-state index contributed by atoms with van der Waals surface area (Å²) in [5.41, 5.74) is 2.17. The molecule has 0 aliphatic heterocycles. The molecule has 1 aromatic rings. The van der Waals surface area contributed by atoms with E-state index in [1.165, 1.54) is 0 Å². The highest BCUT2D eigenvalue weighted by Crippen LogP contribution is 2.13. The Balaban J connectivity index is 2.26. The van der Waals surface area contributed by atoms with E-state index in [1.807, 2.05) is 24.3 Å². The van der Waals surface area contributed by atoms with Crippen molar-refractivity contribution in [2.45, 2.75) is 26.5 Å².